The topological polar surface area (TPSA) is 86.8 Å². The molecule has 0 saturated heterocycles. The summed E-state index contributed by atoms with van der Waals surface area (Å²) in [6.45, 7) is 3.08. The van der Waals surface area contributed by atoms with Crippen molar-refractivity contribution < 1.29 is 31.2 Å². The van der Waals surface area contributed by atoms with Gasteiger partial charge in [-0.3, -0.25) is 13.9 Å². The molecule has 2 amide bonds. The van der Waals surface area contributed by atoms with Gasteiger partial charge in [0.1, 0.15) is 12.6 Å². The number of anilines is 1. The lowest BCUT2D eigenvalue weighted by Gasteiger charge is -2.33. The van der Waals surface area contributed by atoms with E-state index in [1.807, 2.05) is 30.3 Å². The maximum Gasteiger partial charge on any atom is 0.417 e. The van der Waals surface area contributed by atoms with Crippen LogP contribution in [0.2, 0.25) is 5.02 Å². The van der Waals surface area contributed by atoms with Crippen LogP contribution in [0.15, 0.2) is 48.5 Å². The summed E-state index contributed by atoms with van der Waals surface area (Å²) in [5, 5.41) is 2.07. The van der Waals surface area contributed by atoms with E-state index in [1.54, 1.807) is 13.8 Å². The summed E-state index contributed by atoms with van der Waals surface area (Å²) >= 11 is 5.67. The summed E-state index contributed by atoms with van der Waals surface area (Å²) in [7, 11) is -4.18. The van der Waals surface area contributed by atoms with E-state index < -0.39 is 51.2 Å². The Morgan fingerprint density at radius 1 is 1.08 bits per heavy atom. The third-order valence-corrected chi connectivity index (χ3v) is 6.91. The van der Waals surface area contributed by atoms with Crippen LogP contribution in [0.5, 0.6) is 0 Å². The first-order valence-corrected chi connectivity index (χ1v) is 13.5. The van der Waals surface area contributed by atoms with E-state index in [4.69, 9.17) is 11.6 Å². The van der Waals surface area contributed by atoms with Gasteiger partial charge in [0.25, 0.3) is 0 Å². The second-order valence-corrected chi connectivity index (χ2v) is 10.4. The first kappa shape index (κ1) is 29.4. The predicted octanol–water partition coefficient (Wildman–Crippen LogP) is 4.11. The summed E-state index contributed by atoms with van der Waals surface area (Å²) in [5.74, 6) is -1.13. The van der Waals surface area contributed by atoms with Crippen LogP contribution in [0.1, 0.15) is 31.4 Å². The molecule has 1 N–H and O–H groups in total. The molecule has 1 atom stereocenters. The molecule has 0 heterocycles. The second-order valence-electron chi connectivity index (χ2n) is 8.07. The molecule has 198 valence electrons. The number of alkyl halides is 3. The van der Waals surface area contributed by atoms with Gasteiger partial charge >= 0.3 is 6.18 Å². The van der Waals surface area contributed by atoms with E-state index in [-0.39, 0.29) is 18.7 Å². The number of sulfonamides is 1. The van der Waals surface area contributed by atoms with Crippen LogP contribution in [0.25, 0.3) is 0 Å². The molecule has 2 aromatic rings. The molecule has 0 saturated carbocycles. The van der Waals surface area contributed by atoms with Gasteiger partial charge in [-0.2, -0.15) is 13.2 Å². The van der Waals surface area contributed by atoms with E-state index >= 15 is 0 Å². The monoisotopic (exact) mass is 547 g/mol. The molecular formula is C24H29ClF3N3O4S. The van der Waals surface area contributed by atoms with Gasteiger partial charge in [-0.25, -0.2) is 8.42 Å². The van der Waals surface area contributed by atoms with Gasteiger partial charge < -0.3 is 10.2 Å². The number of amides is 2. The Bertz CT molecular complexity index is 1160. The quantitative estimate of drug-likeness (QED) is 0.459. The lowest BCUT2D eigenvalue weighted by Crippen LogP contribution is -2.53. The molecule has 12 heteroatoms. The van der Waals surface area contributed by atoms with Crippen LogP contribution in [0.4, 0.5) is 18.9 Å². The van der Waals surface area contributed by atoms with Crippen molar-refractivity contribution in [1.82, 2.24) is 10.2 Å². The minimum Gasteiger partial charge on any atom is -0.355 e. The average molecular weight is 548 g/mol. The van der Waals surface area contributed by atoms with Crippen molar-refractivity contribution in [2.75, 3.05) is 30.2 Å². The van der Waals surface area contributed by atoms with Gasteiger partial charge in [0.15, 0.2) is 0 Å². The molecule has 7 nitrogen and oxygen atoms in total. The Kier molecular flexibility index (Phi) is 10.2. The van der Waals surface area contributed by atoms with Crippen molar-refractivity contribution in [3.63, 3.8) is 0 Å². The predicted molar refractivity (Wildman–Crippen MR) is 133 cm³/mol. The number of nitrogens with one attached hydrogen (secondary N) is 1. The zero-order chi connectivity index (χ0) is 27.1. The lowest BCUT2D eigenvalue weighted by molar-refractivity contribution is -0.139. The van der Waals surface area contributed by atoms with Gasteiger partial charge in [0.05, 0.1) is 22.5 Å². The molecule has 0 aliphatic rings. The first-order valence-electron chi connectivity index (χ1n) is 11.2. The van der Waals surface area contributed by atoms with Crippen molar-refractivity contribution in [2.45, 2.75) is 38.9 Å². The number of likely N-dealkylation sites (N-methyl/N-ethyl adjacent to an activating group) is 1. The minimum atomic E-state index is -4.83. The van der Waals surface area contributed by atoms with Gasteiger partial charge in [-0.05, 0) is 43.5 Å². The SMILES string of the molecule is CCNC(=O)[C@@H](CC)N(CCc1ccccc1)C(=O)CN(c1ccc(Cl)c(C(F)(F)F)c1)S(C)(=O)=O. The van der Waals surface area contributed by atoms with Gasteiger partial charge in [-0.1, -0.05) is 48.9 Å². The second kappa shape index (κ2) is 12.4. The molecule has 0 aromatic heterocycles. The molecule has 0 spiro atoms. The van der Waals surface area contributed by atoms with E-state index in [9.17, 15) is 31.2 Å². The number of benzene rings is 2. The van der Waals surface area contributed by atoms with Crippen LogP contribution < -0.4 is 9.62 Å². The largest absolute Gasteiger partial charge is 0.417 e. The van der Waals surface area contributed by atoms with Crippen LogP contribution in [-0.2, 0) is 32.2 Å². The molecule has 0 radical (unpaired) electrons. The fourth-order valence-electron chi connectivity index (χ4n) is 3.69. The molecule has 0 aliphatic heterocycles. The zero-order valence-electron chi connectivity index (χ0n) is 20.2. The van der Waals surface area contributed by atoms with Crippen molar-refractivity contribution >= 4 is 39.1 Å². The van der Waals surface area contributed by atoms with Crippen molar-refractivity contribution in [2.24, 2.45) is 0 Å². The number of carbonyl (C=O) groups is 2. The maximum absolute atomic E-state index is 13.4. The Balaban J connectivity index is 2.44. The number of rotatable bonds is 11. The number of halogens is 4. The molecule has 36 heavy (non-hydrogen) atoms. The van der Waals surface area contributed by atoms with Crippen molar-refractivity contribution in [3.8, 4) is 0 Å². The van der Waals surface area contributed by atoms with Crippen molar-refractivity contribution in [1.29, 1.82) is 0 Å². The highest BCUT2D eigenvalue weighted by Crippen LogP contribution is 2.37. The normalized spacial score (nSPS) is 12.6. The standard InChI is InChI=1S/C24H29ClF3N3O4S/c1-4-21(23(33)29-5-2)30(14-13-17-9-7-6-8-10-17)22(32)16-31(36(3,34)35)18-11-12-20(25)19(15-18)24(26,27)28/h6-12,15,21H,4-5,13-14,16H2,1-3H3,(H,29,33)/t21-/m1/s1. The Labute approximate surface area is 214 Å². The van der Waals surface area contributed by atoms with E-state index in [2.05, 4.69) is 5.32 Å². The molecule has 0 fully saturated rings. The molecule has 0 bridgehead atoms. The number of nitrogens with zero attached hydrogens (tertiary/aromatic N) is 2. The third-order valence-electron chi connectivity index (χ3n) is 5.44. The highest BCUT2D eigenvalue weighted by atomic mass is 35.5. The minimum absolute atomic E-state index is 0.102. The third kappa shape index (κ3) is 7.86. The van der Waals surface area contributed by atoms with Gasteiger partial charge in [0, 0.05) is 13.1 Å². The smallest absolute Gasteiger partial charge is 0.355 e. The highest BCUT2D eigenvalue weighted by Gasteiger charge is 2.36. The molecule has 0 unspecified atom stereocenters. The van der Waals surface area contributed by atoms with Gasteiger partial charge in [0.2, 0.25) is 21.8 Å². The molecule has 2 aromatic carbocycles. The zero-order valence-corrected chi connectivity index (χ0v) is 21.8. The maximum atomic E-state index is 13.4. The van der Waals surface area contributed by atoms with Crippen LogP contribution in [0, 0.1) is 0 Å². The summed E-state index contributed by atoms with van der Waals surface area (Å²) in [5.41, 5.74) is -0.692. The summed E-state index contributed by atoms with van der Waals surface area (Å²) in [4.78, 5) is 27.4. The lowest BCUT2D eigenvalue weighted by atomic mass is 10.1. The fraction of sp³-hybridized carbons (Fsp3) is 0.417. The molecular weight excluding hydrogens is 519 g/mol. The van der Waals surface area contributed by atoms with E-state index in [1.165, 1.54) is 4.90 Å². The fourth-order valence-corrected chi connectivity index (χ4v) is 4.75. The van der Waals surface area contributed by atoms with Crippen LogP contribution in [0.3, 0.4) is 0 Å². The number of carbonyl (C=O) groups excluding carboxylic acids is 2. The molecule has 2 rings (SSSR count). The Morgan fingerprint density at radius 3 is 2.25 bits per heavy atom. The Hall–Kier alpha value is -2.79. The average Bonchev–Trinajstić information content (AvgIpc) is 2.79. The van der Waals surface area contributed by atoms with Crippen LogP contribution in [-0.4, -0.2) is 57.1 Å². The van der Waals surface area contributed by atoms with Crippen LogP contribution >= 0.6 is 11.6 Å². The van der Waals surface area contributed by atoms with Gasteiger partial charge in [-0.15, -0.1) is 0 Å². The van der Waals surface area contributed by atoms with E-state index in [0.29, 0.717) is 23.3 Å². The highest BCUT2D eigenvalue weighted by molar-refractivity contribution is 7.92. The Morgan fingerprint density at radius 2 is 1.72 bits per heavy atom. The number of hydrogen-bond acceptors (Lipinski definition) is 4. The summed E-state index contributed by atoms with van der Waals surface area (Å²) < 4.78 is 65.8. The summed E-state index contributed by atoms with van der Waals surface area (Å²) in [6, 6.07) is 10.9. The number of hydrogen-bond donors (Lipinski definition) is 1. The first-order chi connectivity index (χ1) is 16.8. The summed E-state index contributed by atoms with van der Waals surface area (Å²) in [6.07, 6.45) is -3.39. The van der Waals surface area contributed by atoms with E-state index in [0.717, 1.165) is 24.0 Å². The molecule has 0 aliphatic carbocycles. The van der Waals surface area contributed by atoms with Crippen molar-refractivity contribution in [3.05, 3.63) is 64.7 Å².